The van der Waals surface area contributed by atoms with Gasteiger partial charge in [0.25, 0.3) is 0 Å². The lowest BCUT2D eigenvalue weighted by Gasteiger charge is -2.18. The Morgan fingerprint density at radius 1 is 1.47 bits per heavy atom. The van der Waals surface area contributed by atoms with Crippen LogP contribution in [0.3, 0.4) is 0 Å². The second-order valence-corrected chi connectivity index (χ2v) is 4.63. The molecule has 0 saturated heterocycles. The maximum atomic E-state index is 5.67. The summed E-state index contributed by atoms with van der Waals surface area (Å²) < 4.78 is 5.31. The summed E-state index contributed by atoms with van der Waals surface area (Å²) in [4.78, 5) is 5.24. The number of ether oxygens (including phenoxy) is 1. The van der Waals surface area contributed by atoms with E-state index < -0.39 is 0 Å². The number of aryl methyl sites for hydroxylation is 1. The Hall–Kier alpha value is -1.43. The lowest BCUT2D eigenvalue weighted by Crippen LogP contribution is -2.29. The molecule has 0 fully saturated rings. The van der Waals surface area contributed by atoms with Crippen LogP contribution >= 0.6 is 11.3 Å². The van der Waals surface area contributed by atoms with E-state index >= 15 is 0 Å². The maximum Gasteiger partial charge on any atom is 0.142 e. The molecule has 0 saturated carbocycles. The van der Waals surface area contributed by atoms with Crippen molar-refractivity contribution in [1.29, 1.82) is 0 Å². The van der Waals surface area contributed by atoms with Crippen LogP contribution in [0.1, 0.15) is 22.0 Å². The van der Waals surface area contributed by atoms with Gasteiger partial charge >= 0.3 is 0 Å². The Bertz CT molecular complexity index is 498. The van der Waals surface area contributed by atoms with Gasteiger partial charge in [-0.1, -0.05) is 0 Å². The van der Waals surface area contributed by atoms with Gasteiger partial charge in [-0.05, 0) is 30.0 Å². The number of hydrogen-bond donors (Lipinski definition) is 2. The predicted molar refractivity (Wildman–Crippen MR) is 69.0 cm³/mol. The molecule has 0 aliphatic rings. The highest BCUT2D eigenvalue weighted by atomic mass is 32.1. The first kappa shape index (κ1) is 12.0. The van der Waals surface area contributed by atoms with E-state index in [1.807, 2.05) is 6.07 Å². The number of hydrogen-bond acceptors (Lipinski definition) is 5. The summed E-state index contributed by atoms with van der Waals surface area (Å²) in [5.41, 5.74) is 5.05. The third-order valence-electron chi connectivity index (χ3n) is 2.68. The van der Waals surface area contributed by atoms with Crippen LogP contribution in [0.15, 0.2) is 29.9 Å². The minimum Gasteiger partial charge on any atom is -0.495 e. The van der Waals surface area contributed by atoms with Crippen LogP contribution in [-0.4, -0.2) is 12.1 Å². The Labute approximate surface area is 104 Å². The van der Waals surface area contributed by atoms with E-state index in [4.69, 9.17) is 10.6 Å². The molecule has 0 spiro atoms. The molecule has 1 unspecified atom stereocenters. The smallest absolute Gasteiger partial charge is 0.142 e. The zero-order valence-electron chi connectivity index (χ0n) is 9.81. The van der Waals surface area contributed by atoms with E-state index in [9.17, 15) is 0 Å². The van der Waals surface area contributed by atoms with Crippen molar-refractivity contribution < 1.29 is 4.74 Å². The summed E-state index contributed by atoms with van der Waals surface area (Å²) in [5, 5.41) is 2.06. The van der Waals surface area contributed by atoms with Gasteiger partial charge in [-0.25, -0.2) is 5.43 Å². The van der Waals surface area contributed by atoms with Gasteiger partial charge in [0, 0.05) is 16.6 Å². The average Bonchev–Trinajstić information content (AvgIpc) is 2.78. The number of pyridine rings is 1. The number of aromatic nitrogens is 1. The summed E-state index contributed by atoms with van der Waals surface area (Å²) in [7, 11) is 1.63. The van der Waals surface area contributed by atoms with Crippen molar-refractivity contribution in [2.24, 2.45) is 5.84 Å². The van der Waals surface area contributed by atoms with E-state index in [1.54, 1.807) is 30.8 Å². The first-order chi connectivity index (χ1) is 8.27. The van der Waals surface area contributed by atoms with E-state index in [0.29, 0.717) is 0 Å². The van der Waals surface area contributed by atoms with E-state index in [2.05, 4.69) is 28.8 Å². The third-order valence-corrected chi connectivity index (χ3v) is 3.76. The highest BCUT2D eigenvalue weighted by molar-refractivity contribution is 7.10. The number of nitrogens with one attached hydrogen (secondary N) is 1. The summed E-state index contributed by atoms with van der Waals surface area (Å²) in [6.45, 7) is 2.07. The van der Waals surface area contributed by atoms with Crippen LogP contribution in [0, 0.1) is 6.92 Å². The Morgan fingerprint density at radius 3 is 2.88 bits per heavy atom. The van der Waals surface area contributed by atoms with Gasteiger partial charge in [-0.15, -0.1) is 11.3 Å². The van der Waals surface area contributed by atoms with Gasteiger partial charge in [0.05, 0.1) is 19.3 Å². The minimum atomic E-state index is -0.0621. The monoisotopic (exact) mass is 249 g/mol. The lowest BCUT2D eigenvalue weighted by atomic mass is 10.0. The van der Waals surface area contributed by atoms with E-state index in [-0.39, 0.29) is 6.04 Å². The highest BCUT2D eigenvalue weighted by Crippen LogP contribution is 2.33. The Kier molecular flexibility index (Phi) is 3.73. The Morgan fingerprint density at radius 2 is 2.29 bits per heavy atom. The molecule has 5 heteroatoms. The SMILES string of the molecule is COc1cnccc1C(NN)c1sccc1C. The number of rotatable bonds is 4. The minimum absolute atomic E-state index is 0.0621. The van der Waals surface area contributed by atoms with Crippen molar-refractivity contribution in [2.75, 3.05) is 7.11 Å². The molecule has 2 rings (SSSR count). The quantitative estimate of drug-likeness (QED) is 0.643. The number of nitrogens with two attached hydrogens (primary N) is 1. The number of thiophene rings is 1. The Balaban J connectivity index is 2.46. The number of methoxy groups -OCH3 is 1. The van der Waals surface area contributed by atoms with Gasteiger partial charge in [-0.3, -0.25) is 10.8 Å². The fourth-order valence-electron chi connectivity index (χ4n) is 1.79. The molecule has 0 aliphatic carbocycles. The molecule has 2 heterocycles. The lowest BCUT2D eigenvalue weighted by molar-refractivity contribution is 0.402. The normalized spacial score (nSPS) is 12.4. The fourth-order valence-corrected chi connectivity index (χ4v) is 2.79. The maximum absolute atomic E-state index is 5.67. The highest BCUT2D eigenvalue weighted by Gasteiger charge is 2.19. The van der Waals surface area contributed by atoms with Crippen LogP contribution in [-0.2, 0) is 0 Å². The first-order valence-corrected chi connectivity index (χ1v) is 6.14. The molecule has 1 atom stereocenters. The molecular formula is C12H15N3OS. The van der Waals surface area contributed by atoms with Gasteiger partial charge in [0.1, 0.15) is 5.75 Å². The van der Waals surface area contributed by atoms with Gasteiger partial charge in [0.2, 0.25) is 0 Å². The van der Waals surface area contributed by atoms with Crippen LogP contribution < -0.4 is 16.0 Å². The van der Waals surface area contributed by atoms with Crippen LogP contribution in [0.25, 0.3) is 0 Å². The molecule has 2 aromatic heterocycles. The van der Waals surface area contributed by atoms with Crippen LogP contribution in [0.2, 0.25) is 0 Å². The van der Waals surface area contributed by atoms with E-state index in [0.717, 1.165) is 11.3 Å². The van der Waals surface area contributed by atoms with Crippen molar-refractivity contribution in [3.63, 3.8) is 0 Å². The second kappa shape index (κ2) is 5.27. The zero-order valence-corrected chi connectivity index (χ0v) is 10.6. The third kappa shape index (κ3) is 2.31. The average molecular weight is 249 g/mol. The summed E-state index contributed by atoms with van der Waals surface area (Å²) in [5.74, 6) is 6.41. The number of hydrazine groups is 1. The molecular weight excluding hydrogens is 234 g/mol. The molecule has 0 aromatic carbocycles. The standard InChI is InChI=1S/C12H15N3OS/c1-8-4-6-17-12(8)11(15-13)9-3-5-14-7-10(9)16-2/h3-7,11,15H,13H2,1-2H3. The molecule has 17 heavy (non-hydrogen) atoms. The molecule has 3 N–H and O–H groups in total. The van der Waals surface area contributed by atoms with Crippen molar-refractivity contribution in [3.05, 3.63) is 45.9 Å². The van der Waals surface area contributed by atoms with Gasteiger partial charge < -0.3 is 4.74 Å². The molecule has 90 valence electrons. The first-order valence-electron chi connectivity index (χ1n) is 5.26. The summed E-state index contributed by atoms with van der Waals surface area (Å²) in [6.07, 6.45) is 3.44. The van der Waals surface area contributed by atoms with Crippen molar-refractivity contribution in [3.8, 4) is 5.75 Å². The molecule has 4 nitrogen and oxygen atoms in total. The van der Waals surface area contributed by atoms with Gasteiger partial charge in [0.15, 0.2) is 0 Å². The summed E-state index contributed by atoms with van der Waals surface area (Å²) >= 11 is 1.68. The zero-order chi connectivity index (χ0) is 12.3. The molecule has 0 aliphatic heterocycles. The molecule has 0 radical (unpaired) electrons. The van der Waals surface area contributed by atoms with Crippen molar-refractivity contribution in [2.45, 2.75) is 13.0 Å². The molecule has 2 aromatic rings. The van der Waals surface area contributed by atoms with Crippen LogP contribution in [0.5, 0.6) is 5.75 Å². The topological polar surface area (TPSA) is 60.2 Å². The van der Waals surface area contributed by atoms with E-state index in [1.165, 1.54) is 10.4 Å². The van der Waals surface area contributed by atoms with Crippen molar-refractivity contribution in [1.82, 2.24) is 10.4 Å². The second-order valence-electron chi connectivity index (χ2n) is 3.69. The van der Waals surface area contributed by atoms with Gasteiger partial charge in [-0.2, -0.15) is 0 Å². The summed E-state index contributed by atoms with van der Waals surface area (Å²) in [6, 6.07) is 3.94. The largest absolute Gasteiger partial charge is 0.495 e. The molecule has 0 bridgehead atoms. The predicted octanol–water partition coefficient (Wildman–Crippen LogP) is 2.01. The molecule has 0 amide bonds. The fraction of sp³-hybridized carbons (Fsp3) is 0.250. The van der Waals surface area contributed by atoms with Crippen molar-refractivity contribution >= 4 is 11.3 Å². The number of nitrogens with zero attached hydrogens (tertiary/aromatic N) is 1. The van der Waals surface area contributed by atoms with Crippen LogP contribution in [0.4, 0.5) is 0 Å².